The van der Waals surface area contributed by atoms with E-state index in [2.05, 4.69) is 6.58 Å². The van der Waals surface area contributed by atoms with Crippen molar-refractivity contribution >= 4 is 11.6 Å². The fraction of sp³-hybridized carbons (Fsp3) is 0.750. The Hall–Kier alpha value is -0.0900. The van der Waals surface area contributed by atoms with Crippen molar-refractivity contribution in [1.29, 1.82) is 0 Å². The maximum absolute atomic E-state index is 8.63. The molecule has 0 aromatic heterocycles. The lowest BCUT2D eigenvalue weighted by atomic mass is 9.96. The van der Waals surface area contributed by atoms with Gasteiger partial charge in [0.05, 0.1) is 4.87 Å². The zero-order valence-corrected chi connectivity index (χ0v) is 8.27. The van der Waals surface area contributed by atoms with E-state index in [1.54, 1.807) is 6.92 Å². The molecule has 0 aromatic carbocycles. The molecule has 0 amide bonds. The Morgan fingerprint density at radius 1 is 1.42 bits per heavy atom. The van der Waals surface area contributed by atoms with E-state index in [1.807, 2.05) is 0 Å². The summed E-state index contributed by atoms with van der Waals surface area (Å²) in [6, 6.07) is 0. The van der Waals surface area contributed by atoms with Crippen LogP contribution >= 0.6 is 11.6 Å². The highest BCUT2D eigenvalue weighted by Crippen LogP contribution is 2.28. The summed E-state index contributed by atoms with van der Waals surface area (Å²) in [6.07, 6.45) is 0.980. The van der Waals surface area contributed by atoms with Gasteiger partial charge in [-0.3, -0.25) is 0 Å². The van der Waals surface area contributed by atoms with Crippen LogP contribution in [0.4, 0.5) is 0 Å². The van der Waals surface area contributed by atoms with Gasteiger partial charge in [-0.1, -0.05) is 12.2 Å². The maximum atomic E-state index is 8.63. The summed E-state index contributed by atoms with van der Waals surface area (Å²) in [7, 11) is 0. The van der Waals surface area contributed by atoms with Crippen molar-refractivity contribution < 1.29 is 10.2 Å². The van der Waals surface area contributed by atoms with Gasteiger partial charge in [-0.2, -0.15) is 0 Å². The molecule has 0 aliphatic carbocycles. The Kier molecular flexibility index (Phi) is 7.73. The molecule has 0 aliphatic rings. The van der Waals surface area contributed by atoms with Gasteiger partial charge in [0.25, 0.3) is 0 Å². The molecule has 4 heteroatoms. The second-order valence-electron chi connectivity index (χ2n) is 2.75. The van der Waals surface area contributed by atoms with E-state index in [0.29, 0.717) is 12.8 Å². The van der Waals surface area contributed by atoms with Crippen molar-refractivity contribution in [2.45, 2.75) is 24.6 Å². The summed E-state index contributed by atoms with van der Waals surface area (Å²) >= 11 is 5.99. The van der Waals surface area contributed by atoms with Crippen LogP contribution in [0.25, 0.3) is 0 Å². The highest BCUT2D eigenvalue weighted by molar-refractivity contribution is 6.25. The molecule has 1 atom stereocenters. The number of hydrogen-bond acceptors (Lipinski definition) is 3. The average molecular weight is 196 g/mol. The van der Waals surface area contributed by atoms with Crippen LogP contribution in [0.5, 0.6) is 0 Å². The second kappa shape index (κ2) is 6.43. The van der Waals surface area contributed by atoms with Crippen molar-refractivity contribution in [3.63, 3.8) is 0 Å². The van der Waals surface area contributed by atoms with Gasteiger partial charge in [0, 0.05) is 13.2 Å². The molecule has 0 saturated heterocycles. The van der Waals surface area contributed by atoms with Crippen molar-refractivity contribution in [1.82, 2.24) is 6.15 Å². The molecule has 5 N–H and O–H groups in total. The monoisotopic (exact) mass is 195 g/mol. The first-order chi connectivity index (χ1) is 5.04. The topological polar surface area (TPSA) is 75.5 Å². The Bertz CT molecular complexity index is 137. The molecular weight excluding hydrogens is 178 g/mol. The summed E-state index contributed by atoms with van der Waals surface area (Å²) in [6.45, 7) is 5.63. The van der Waals surface area contributed by atoms with Gasteiger partial charge in [0.1, 0.15) is 0 Å². The third kappa shape index (κ3) is 4.72. The fourth-order valence-electron chi connectivity index (χ4n) is 0.782. The van der Waals surface area contributed by atoms with Gasteiger partial charge < -0.3 is 16.4 Å². The van der Waals surface area contributed by atoms with Gasteiger partial charge in [0.15, 0.2) is 0 Å². The number of rotatable bonds is 5. The van der Waals surface area contributed by atoms with E-state index >= 15 is 0 Å². The predicted octanol–water partition coefficient (Wildman–Crippen LogP) is 1.47. The standard InChI is InChI=1S/C8H15ClO2.H3N/c1-7(3-5-10)8(2,9)4-6-11;/h10-11H,1,3-6H2,2H3;1H3. The third-order valence-electron chi connectivity index (χ3n) is 1.73. The van der Waals surface area contributed by atoms with Crippen LogP contribution in [0.15, 0.2) is 12.2 Å². The van der Waals surface area contributed by atoms with Crippen molar-refractivity contribution in [2.24, 2.45) is 0 Å². The normalized spacial score (nSPS) is 14.7. The van der Waals surface area contributed by atoms with E-state index in [9.17, 15) is 0 Å². The Labute approximate surface area is 78.6 Å². The van der Waals surface area contributed by atoms with E-state index in [0.717, 1.165) is 5.57 Å². The summed E-state index contributed by atoms with van der Waals surface area (Å²) in [4.78, 5) is -0.572. The smallest absolute Gasteiger partial charge is 0.0647 e. The lowest BCUT2D eigenvalue weighted by Gasteiger charge is -2.23. The molecule has 0 aromatic rings. The number of halogens is 1. The molecule has 3 nitrogen and oxygen atoms in total. The minimum atomic E-state index is -0.572. The Morgan fingerprint density at radius 2 is 1.92 bits per heavy atom. The molecule has 1 unspecified atom stereocenters. The molecule has 0 saturated carbocycles. The van der Waals surface area contributed by atoms with E-state index in [1.165, 1.54) is 0 Å². The third-order valence-corrected chi connectivity index (χ3v) is 2.19. The lowest BCUT2D eigenvalue weighted by Crippen LogP contribution is -2.21. The number of aliphatic hydroxyl groups is 2. The van der Waals surface area contributed by atoms with Crippen LogP contribution in [-0.2, 0) is 0 Å². The number of aliphatic hydroxyl groups excluding tert-OH is 2. The van der Waals surface area contributed by atoms with E-state index < -0.39 is 4.87 Å². The van der Waals surface area contributed by atoms with Crippen LogP contribution in [0.2, 0.25) is 0 Å². The fourth-order valence-corrected chi connectivity index (χ4v) is 0.961. The molecule has 0 fully saturated rings. The molecule has 0 heterocycles. The maximum Gasteiger partial charge on any atom is 0.0647 e. The number of hydrogen-bond donors (Lipinski definition) is 3. The zero-order valence-electron chi connectivity index (χ0n) is 7.52. The Morgan fingerprint density at radius 3 is 2.25 bits per heavy atom. The van der Waals surface area contributed by atoms with Crippen molar-refractivity contribution in [3.8, 4) is 0 Å². The van der Waals surface area contributed by atoms with Crippen molar-refractivity contribution in [3.05, 3.63) is 12.2 Å². The van der Waals surface area contributed by atoms with Gasteiger partial charge in [-0.25, -0.2) is 0 Å². The van der Waals surface area contributed by atoms with Gasteiger partial charge >= 0.3 is 0 Å². The highest BCUT2D eigenvalue weighted by atomic mass is 35.5. The molecule has 74 valence electrons. The van der Waals surface area contributed by atoms with Crippen LogP contribution in [-0.4, -0.2) is 28.3 Å². The molecular formula is C8H18ClNO2. The van der Waals surface area contributed by atoms with Gasteiger partial charge in [-0.15, -0.1) is 11.6 Å². The van der Waals surface area contributed by atoms with E-state index in [4.69, 9.17) is 21.8 Å². The molecule has 12 heavy (non-hydrogen) atoms. The lowest BCUT2D eigenvalue weighted by molar-refractivity contribution is 0.268. The predicted molar refractivity (Wildman–Crippen MR) is 51.8 cm³/mol. The van der Waals surface area contributed by atoms with Crippen LogP contribution in [0.1, 0.15) is 19.8 Å². The van der Waals surface area contributed by atoms with Crippen LogP contribution in [0, 0.1) is 0 Å². The molecule has 0 bridgehead atoms. The largest absolute Gasteiger partial charge is 0.396 e. The average Bonchev–Trinajstić information content (AvgIpc) is 1.88. The van der Waals surface area contributed by atoms with Gasteiger partial charge in [-0.05, 0) is 19.8 Å². The quantitative estimate of drug-likeness (QED) is 0.459. The molecule has 0 spiro atoms. The van der Waals surface area contributed by atoms with Gasteiger partial charge in [0.2, 0.25) is 0 Å². The first-order valence-corrected chi connectivity index (χ1v) is 4.01. The summed E-state index contributed by atoms with van der Waals surface area (Å²) in [5.74, 6) is 0. The molecule has 0 rings (SSSR count). The highest BCUT2D eigenvalue weighted by Gasteiger charge is 2.22. The van der Waals surface area contributed by atoms with E-state index in [-0.39, 0.29) is 19.4 Å². The minimum absolute atomic E-state index is 0. The summed E-state index contributed by atoms with van der Waals surface area (Å²) in [5.41, 5.74) is 0.774. The minimum Gasteiger partial charge on any atom is -0.396 e. The SMILES string of the molecule is C=C(CCO)C(C)(Cl)CCO.N. The first kappa shape index (κ1) is 14.4. The zero-order chi connectivity index (χ0) is 8.91. The first-order valence-electron chi connectivity index (χ1n) is 3.63. The summed E-state index contributed by atoms with van der Waals surface area (Å²) < 4.78 is 0. The molecule has 0 aliphatic heterocycles. The number of alkyl halides is 1. The van der Waals surface area contributed by atoms with Crippen molar-refractivity contribution in [2.75, 3.05) is 13.2 Å². The van der Waals surface area contributed by atoms with Crippen LogP contribution < -0.4 is 6.15 Å². The Balaban J connectivity index is 0. The molecule has 0 radical (unpaired) electrons. The summed E-state index contributed by atoms with van der Waals surface area (Å²) in [5, 5.41) is 17.2. The second-order valence-corrected chi connectivity index (χ2v) is 3.58. The van der Waals surface area contributed by atoms with Crippen LogP contribution in [0.3, 0.4) is 0 Å².